The van der Waals surface area contributed by atoms with Crippen molar-refractivity contribution in [3.8, 4) is 0 Å². The first-order chi connectivity index (χ1) is 14.5. The molecule has 170 valence electrons. The first-order valence-corrected chi connectivity index (χ1v) is 11.8. The molecule has 0 radical (unpaired) electrons. The van der Waals surface area contributed by atoms with Crippen molar-refractivity contribution >= 4 is 27.3 Å². The Kier molecular flexibility index (Phi) is 5.47. The lowest BCUT2D eigenvalue weighted by atomic mass is 9.88. The second-order valence-electron chi connectivity index (χ2n) is 9.31. The molecular weight excluding hydrogens is 422 g/mol. The van der Waals surface area contributed by atoms with E-state index in [-0.39, 0.29) is 10.9 Å². The number of fused-ring (bicyclic) bond motifs is 1. The number of carbonyl (C=O) groups excluding carboxylic acids is 1. The summed E-state index contributed by atoms with van der Waals surface area (Å²) in [6.45, 7) is 6.54. The molecule has 31 heavy (non-hydrogen) atoms. The molecule has 1 amide bonds. The van der Waals surface area contributed by atoms with Crippen LogP contribution in [0.15, 0.2) is 23.5 Å². The molecule has 11 heteroatoms. The Labute approximate surface area is 182 Å². The Bertz CT molecular complexity index is 1080. The topological polar surface area (TPSA) is 116 Å². The van der Waals surface area contributed by atoms with E-state index in [4.69, 9.17) is 9.47 Å². The molecule has 0 bridgehead atoms. The average Bonchev–Trinajstić information content (AvgIpc) is 3.24. The number of amides is 1. The van der Waals surface area contributed by atoms with Crippen molar-refractivity contribution in [2.45, 2.75) is 62.2 Å². The van der Waals surface area contributed by atoms with Crippen LogP contribution in [-0.4, -0.2) is 70.3 Å². The molecule has 0 saturated carbocycles. The van der Waals surface area contributed by atoms with Gasteiger partial charge in [-0.2, -0.15) is 4.31 Å². The smallest absolute Gasteiger partial charge is 0.407 e. The van der Waals surface area contributed by atoms with E-state index in [0.717, 1.165) is 0 Å². The van der Waals surface area contributed by atoms with Crippen LogP contribution < -0.4 is 5.32 Å². The van der Waals surface area contributed by atoms with E-state index >= 15 is 0 Å². The first kappa shape index (κ1) is 22.0. The summed E-state index contributed by atoms with van der Waals surface area (Å²) in [5.74, 6) is 0. The number of sulfonamides is 1. The van der Waals surface area contributed by atoms with Crippen LogP contribution in [0.5, 0.6) is 0 Å². The van der Waals surface area contributed by atoms with Gasteiger partial charge in [0.05, 0.1) is 24.6 Å². The zero-order valence-electron chi connectivity index (χ0n) is 18.3. The molecule has 0 unspecified atom stereocenters. The lowest BCUT2D eigenvalue weighted by Gasteiger charge is -2.37. The molecular formula is C20H29N5O5S. The Morgan fingerprint density at radius 3 is 2.68 bits per heavy atom. The molecule has 4 heterocycles. The van der Waals surface area contributed by atoms with Crippen molar-refractivity contribution in [1.29, 1.82) is 0 Å². The highest BCUT2D eigenvalue weighted by atomic mass is 32.2. The fraction of sp³-hybridized carbons (Fsp3) is 0.650. The molecule has 2 aliphatic heterocycles. The minimum absolute atomic E-state index is 0.145. The quantitative estimate of drug-likeness (QED) is 0.756. The first-order valence-electron chi connectivity index (χ1n) is 10.4. The van der Waals surface area contributed by atoms with Gasteiger partial charge in [0.25, 0.3) is 0 Å². The molecule has 4 rings (SSSR count). The number of nitrogens with zero attached hydrogens (tertiary/aromatic N) is 4. The summed E-state index contributed by atoms with van der Waals surface area (Å²) in [4.78, 5) is 20.6. The highest BCUT2D eigenvalue weighted by molar-refractivity contribution is 7.89. The summed E-state index contributed by atoms with van der Waals surface area (Å²) >= 11 is 0. The molecule has 1 atom stereocenters. The van der Waals surface area contributed by atoms with Gasteiger partial charge in [0, 0.05) is 26.3 Å². The molecule has 2 aliphatic rings. The molecule has 2 saturated heterocycles. The van der Waals surface area contributed by atoms with Gasteiger partial charge in [-0.3, -0.25) is 0 Å². The predicted molar refractivity (Wildman–Crippen MR) is 113 cm³/mol. The number of alkyl carbamates (subject to hydrolysis) is 1. The van der Waals surface area contributed by atoms with E-state index < -0.39 is 27.3 Å². The normalized spacial score (nSPS) is 22.1. The van der Waals surface area contributed by atoms with E-state index in [1.54, 1.807) is 17.0 Å². The van der Waals surface area contributed by atoms with Crippen LogP contribution >= 0.6 is 0 Å². The maximum Gasteiger partial charge on any atom is 0.407 e. The summed E-state index contributed by atoms with van der Waals surface area (Å²) in [7, 11) is -1.85. The molecule has 1 spiro atoms. The second kappa shape index (κ2) is 7.72. The number of rotatable bonds is 3. The molecule has 0 aliphatic carbocycles. The van der Waals surface area contributed by atoms with Crippen LogP contribution in [0, 0.1) is 0 Å². The van der Waals surface area contributed by atoms with Gasteiger partial charge < -0.3 is 19.4 Å². The number of nitrogens with one attached hydrogen (secondary N) is 1. The number of pyridine rings is 1. The summed E-state index contributed by atoms with van der Waals surface area (Å²) in [5, 5.41) is 2.86. The van der Waals surface area contributed by atoms with E-state index in [0.29, 0.717) is 50.1 Å². The highest BCUT2D eigenvalue weighted by Crippen LogP contribution is 2.37. The number of aryl methyl sites for hydroxylation is 1. The van der Waals surface area contributed by atoms with Crippen molar-refractivity contribution in [1.82, 2.24) is 24.2 Å². The van der Waals surface area contributed by atoms with Crippen molar-refractivity contribution in [2.24, 2.45) is 7.05 Å². The van der Waals surface area contributed by atoms with Gasteiger partial charge in [-0.15, -0.1) is 0 Å². The van der Waals surface area contributed by atoms with Crippen molar-refractivity contribution in [3.05, 3.63) is 18.6 Å². The van der Waals surface area contributed by atoms with Crippen molar-refractivity contribution in [3.63, 3.8) is 0 Å². The van der Waals surface area contributed by atoms with Gasteiger partial charge in [0.1, 0.15) is 16.0 Å². The Hall–Kier alpha value is -2.24. The molecule has 10 nitrogen and oxygen atoms in total. The van der Waals surface area contributed by atoms with Gasteiger partial charge >= 0.3 is 6.09 Å². The standard InChI is InChI=1S/C20H29N5O5S/c1-19(2,3)30-18(26)23-14-10-20(29-12-14)5-7-25(8-6-20)31(27,28)15-9-16-17(21-11-15)24(4)13-22-16/h9,11,13-14H,5-8,10,12H2,1-4H3,(H,23,26)/t14-/m1/s1. The van der Waals surface area contributed by atoms with Crippen LogP contribution in [0.1, 0.15) is 40.0 Å². The number of aromatic nitrogens is 3. The largest absolute Gasteiger partial charge is 0.444 e. The predicted octanol–water partition coefficient (Wildman–Crippen LogP) is 1.81. The monoisotopic (exact) mass is 451 g/mol. The van der Waals surface area contributed by atoms with Gasteiger partial charge in [0.15, 0.2) is 5.65 Å². The van der Waals surface area contributed by atoms with Gasteiger partial charge in [0.2, 0.25) is 10.0 Å². The third kappa shape index (κ3) is 4.53. The lowest BCUT2D eigenvalue weighted by Crippen LogP contribution is -2.47. The van der Waals surface area contributed by atoms with Gasteiger partial charge in [-0.05, 0) is 46.1 Å². The average molecular weight is 452 g/mol. The number of ether oxygens (including phenoxy) is 2. The number of hydrogen-bond donors (Lipinski definition) is 1. The maximum atomic E-state index is 13.1. The zero-order valence-corrected chi connectivity index (χ0v) is 19.1. The van der Waals surface area contributed by atoms with Crippen molar-refractivity contribution < 1.29 is 22.7 Å². The lowest BCUT2D eigenvalue weighted by molar-refractivity contribution is -0.0312. The number of imidazole rings is 1. The van der Waals surface area contributed by atoms with E-state index in [2.05, 4.69) is 15.3 Å². The number of piperidine rings is 1. The fourth-order valence-corrected chi connectivity index (χ4v) is 5.59. The Morgan fingerprint density at radius 1 is 1.29 bits per heavy atom. The molecule has 2 aromatic rings. The summed E-state index contributed by atoms with van der Waals surface area (Å²) < 4.78 is 40.8. The summed E-state index contributed by atoms with van der Waals surface area (Å²) in [5.41, 5.74) is 0.204. The zero-order chi connectivity index (χ0) is 22.4. The minimum atomic E-state index is -3.67. The molecule has 0 aromatic carbocycles. The Balaban J connectivity index is 1.38. The SMILES string of the molecule is Cn1cnc2cc(S(=O)(=O)N3CCC4(CC3)C[C@@H](NC(=O)OC(C)(C)C)CO4)cnc21. The summed E-state index contributed by atoms with van der Waals surface area (Å²) in [6, 6.07) is 1.42. The van der Waals surface area contributed by atoms with Crippen molar-refractivity contribution in [2.75, 3.05) is 19.7 Å². The van der Waals surface area contributed by atoms with Crippen LogP contribution in [0.25, 0.3) is 11.2 Å². The summed E-state index contributed by atoms with van der Waals surface area (Å²) in [6.07, 6.45) is 4.31. The van der Waals surface area contributed by atoms with Gasteiger partial charge in [-0.1, -0.05) is 0 Å². The van der Waals surface area contributed by atoms with Gasteiger partial charge in [-0.25, -0.2) is 23.2 Å². The Morgan fingerprint density at radius 2 is 2.00 bits per heavy atom. The molecule has 2 aromatic heterocycles. The highest BCUT2D eigenvalue weighted by Gasteiger charge is 2.45. The van der Waals surface area contributed by atoms with Crippen LogP contribution in [-0.2, 0) is 26.5 Å². The number of carbonyl (C=O) groups is 1. The molecule has 2 fully saturated rings. The number of hydrogen-bond acceptors (Lipinski definition) is 7. The van der Waals surface area contributed by atoms with E-state index in [1.165, 1.54) is 10.5 Å². The van der Waals surface area contributed by atoms with Crippen LogP contribution in [0.3, 0.4) is 0 Å². The third-order valence-electron chi connectivity index (χ3n) is 5.73. The third-order valence-corrected chi connectivity index (χ3v) is 7.59. The minimum Gasteiger partial charge on any atom is -0.444 e. The fourth-order valence-electron chi connectivity index (χ4n) is 4.18. The van der Waals surface area contributed by atoms with E-state index in [1.807, 2.05) is 27.8 Å². The maximum absolute atomic E-state index is 13.1. The van der Waals surface area contributed by atoms with Crippen LogP contribution in [0.4, 0.5) is 4.79 Å². The van der Waals surface area contributed by atoms with Crippen LogP contribution in [0.2, 0.25) is 0 Å². The van der Waals surface area contributed by atoms with E-state index in [9.17, 15) is 13.2 Å². The molecule has 1 N–H and O–H groups in total. The second-order valence-corrected chi connectivity index (χ2v) is 11.3.